The van der Waals surface area contributed by atoms with Crippen LogP contribution in [0, 0.1) is 6.92 Å². The van der Waals surface area contributed by atoms with Gasteiger partial charge in [0.1, 0.15) is 5.60 Å². The lowest BCUT2D eigenvalue weighted by atomic mass is 10.1. The van der Waals surface area contributed by atoms with Crippen LogP contribution in [0.1, 0.15) is 31.9 Å². The van der Waals surface area contributed by atoms with Gasteiger partial charge in [-0.3, -0.25) is 4.99 Å². The molecule has 2 heterocycles. The number of hydrogen-bond acceptors (Lipinski definition) is 5. The second kappa shape index (κ2) is 8.05. The highest BCUT2D eigenvalue weighted by atomic mass is 19.4. The number of aryl methyl sites for hydroxylation is 2. The first-order chi connectivity index (χ1) is 14.3. The van der Waals surface area contributed by atoms with Crippen molar-refractivity contribution < 1.29 is 22.7 Å². The fourth-order valence-corrected chi connectivity index (χ4v) is 3.64. The van der Waals surface area contributed by atoms with Crippen molar-refractivity contribution in [3.63, 3.8) is 0 Å². The van der Waals surface area contributed by atoms with Crippen LogP contribution < -0.4 is 10.4 Å². The third kappa shape index (κ3) is 4.77. The summed E-state index contributed by atoms with van der Waals surface area (Å²) in [4.78, 5) is 25.0. The van der Waals surface area contributed by atoms with Gasteiger partial charge in [0.25, 0.3) is 0 Å². The van der Waals surface area contributed by atoms with E-state index in [4.69, 9.17) is 9.72 Å². The van der Waals surface area contributed by atoms with Crippen LogP contribution in [0.25, 0.3) is 11.0 Å². The van der Waals surface area contributed by atoms with E-state index in [-0.39, 0.29) is 6.09 Å². The third-order valence-corrected chi connectivity index (χ3v) is 5.15. The number of nitrogens with zero attached hydrogens (tertiary/aromatic N) is 5. The lowest BCUT2D eigenvalue weighted by molar-refractivity contribution is -0.137. The van der Waals surface area contributed by atoms with E-state index in [0.29, 0.717) is 54.1 Å². The van der Waals surface area contributed by atoms with Crippen molar-refractivity contribution >= 4 is 22.9 Å². The number of fused-ring (bicyclic) bond motifs is 1. The van der Waals surface area contributed by atoms with Crippen LogP contribution in [-0.2, 0) is 18.0 Å². The molecule has 0 spiro atoms. The van der Waals surface area contributed by atoms with Gasteiger partial charge < -0.3 is 19.1 Å². The van der Waals surface area contributed by atoms with Crippen LogP contribution in [0.5, 0.6) is 0 Å². The van der Waals surface area contributed by atoms with Crippen molar-refractivity contribution in [3.8, 4) is 0 Å². The van der Waals surface area contributed by atoms with E-state index in [1.165, 1.54) is 0 Å². The SMILES string of the molecule is C/N=c1/c(N2CCN(C(=O)OC(C)(C)C)CC2)nc2c(C)cc(C(F)(F)F)cc2n1C. The molecule has 7 nitrogen and oxygen atoms in total. The molecule has 1 aromatic carbocycles. The molecule has 10 heteroatoms. The predicted molar refractivity (Wildman–Crippen MR) is 112 cm³/mol. The number of rotatable bonds is 1. The van der Waals surface area contributed by atoms with Crippen molar-refractivity contribution in [1.29, 1.82) is 0 Å². The van der Waals surface area contributed by atoms with Gasteiger partial charge in [0.05, 0.1) is 16.6 Å². The molecule has 2 aromatic rings. The average molecular weight is 439 g/mol. The molecule has 0 unspecified atom stereocenters. The number of aromatic nitrogens is 2. The van der Waals surface area contributed by atoms with E-state index in [1.54, 1.807) is 30.5 Å². The molecule has 1 aliphatic rings. The smallest absolute Gasteiger partial charge is 0.416 e. The first-order valence-corrected chi connectivity index (χ1v) is 10.1. The van der Waals surface area contributed by atoms with Crippen molar-refractivity contribution in [2.45, 2.75) is 39.5 Å². The molecule has 1 aromatic heterocycles. The van der Waals surface area contributed by atoms with Crippen LogP contribution in [0.4, 0.5) is 23.8 Å². The van der Waals surface area contributed by atoms with E-state index in [1.807, 2.05) is 25.7 Å². The molecule has 1 aliphatic heterocycles. The van der Waals surface area contributed by atoms with Crippen LogP contribution in [0.15, 0.2) is 17.1 Å². The molecule has 3 rings (SSSR count). The minimum atomic E-state index is -4.44. The first kappa shape index (κ1) is 22.9. The van der Waals surface area contributed by atoms with Gasteiger partial charge in [0.2, 0.25) is 0 Å². The second-order valence-corrected chi connectivity index (χ2v) is 8.65. The van der Waals surface area contributed by atoms with E-state index in [9.17, 15) is 18.0 Å². The molecule has 1 amide bonds. The van der Waals surface area contributed by atoms with Crippen molar-refractivity contribution in [2.75, 3.05) is 38.1 Å². The summed E-state index contributed by atoms with van der Waals surface area (Å²) in [6.07, 6.45) is -4.80. The van der Waals surface area contributed by atoms with E-state index in [2.05, 4.69) is 4.99 Å². The highest BCUT2D eigenvalue weighted by Gasteiger charge is 2.32. The largest absolute Gasteiger partial charge is 0.444 e. The average Bonchev–Trinajstić information content (AvgIpc) is 2.66. The monoisotopic (exact) mass is 439 g/mol. The highest BCUT2D eigenvalue weighted by molar-refractivity contribution is 5.81. The lowest BCUT2D eigenvalue weighted by Gasteiger charge is -2.36. The number of carbonyl (C=O) groups excluding carboxylic acids is 1. The van der Waals surface area contributed by atoms with Gasteiger partial charge in [-0.1, -0.05) is 0 Å². The summed E-state index contributed by atoms with van der Waals surface area (Å²) in [5, 5.41) is 0. The van der Waals surface area contributed by atoms with Crippen LogP contribution >= 0.6 is 0 Å². The number of hydrogen-bond donors (Lipinski definition) is 0. The Balaban J connectivity index is 1.95. The highest BCUT2D eigenvalue weighted by Crippen LogP contribution is 2.32. The maximum Gasteiger partial charge on any atom is 0.416 e. The number of amides is 1. The molecule has 0 saturated carbocycles. The number of carbonyl (C=O) groups is 1. The van der Waals surface area contributed by atoms with E-state index in [0.717, 1.165) is 12.1 Å². The second-order valence-electron chi connectivity index (χ2n) is 8.65. The van der Waals surface area contributed by atoms with Gasteiger partial charge in [0.15, 0.2) is 11.3 Å². The Morgan fingerprint density at radius 1 is 1.13 bits per heavy atom. The van der Waals surface area contributed by atoms with Gasteiger partial charge in [-0.25, -0.2) is 9.78 Å². The number of benzene rings is 1. The first-order valence-electron chi connectivity index (χ1n) is 10.1. The van der Waals surface area contributed by atoms with Crippen LogP contribution in [0.2, 0.25) is 0 Å². The summed E-state index contributed by atoms with van der Waals surface area (Å²) < 4.78 is 46.9. The molecule has 0 aliphatic carbocycles. The summed E-state index contributed by atoms with van der Waals surface area (Å²) >= 11 is 0. The molecular weight excluding hydrogens is 411 g/mol. The minimum absolute atomic E-state index is 0.361. The van der Waals surface area contributed by atoms with Gasteiger partial charge >= 0.3 is 12.3 Å². The zero-order valence-electron chi connectivity index (χ0n) is 18.7. The Bertz CT molecular complexity index is 1060. The Morgan fingerprint density at radius 2 is 1.74 bits per heavy atom. The zero-order valence-corrected chi connectivity index (χ0v) is 18.7. The fraction of sp³-hybridized carbons (Fsp3) is 0.571. The number of alkyl halides is 3. The minimum Gasteiger partial charge on any atom is -0.444 e. The zero-order chi connectivity index (χ0) is 23.1. The standard InChI is InChI=1S/C21H28F3N5O2/c1-13-11-14(21(22,23)24)12-15-16(13)26-18(17(25-5)27(15)6)28-7-9-29(10-8-28)19(30)31-20(2,3)4/h11-12H,7-10H2,1-6H3/b25-17-. The molecular formula is C21H28F3N5O2. The van der Waals surface area contributed by atoms with Crippen LogP contribution in [-0.4, -0.2) is 59.4 Å². The van der Waals surface area contributed by atoms with E-state index >= 15 is 0 Å². The molecule has 170 valence electrons. The summed E-state index contributed by atoms with van der Waals surface area (Å²) in [5.41, 5.74) is 0.504. The summed E-state index contributed by atoms with van der Waals surface area (Å²) in [6, 6.07) is 2.22. The normalized spacial score (nSPS) is 16.2. The molecule has 1 saturated heterocycles. The lowest BCUT2D eigenvalue weighted by Crippen LogP contribution is -2.51. The molecule has 0 atom stereocenters. The predicted octanol–water partition coefficient (Wildman–Crippen LogP) is 3.49. The van der Waals surface area contributed by atoms with Crippen LogP contribution in [0.3, 0.4) is 0 Å². The van der Waals surface area contributed by atoms with Gasteiger partial charge in [-0.05, 0) is 45.4 Å². The maximum absolute atomic E-state index is 13.3. The van der Waals surface area contributed by atoms with Crippen molar-refractivity contribution in [2.24, 2.45) is 12.0 Å². The Hall–Kier alpha value is -2.78. The number of piperazine rings is 1. The molecule has 31 heavy (non-hydrogen) atoms. The maximum atomic E-state index is 13.3. The fourth-order valence-electron chi connectivity index (χ4n) is 3.64. The summed E-state index contributed by atoms with van der Waals surface area (Å²) in [7, 11) is 3.27. The molecule has 0 bridgehead atoms. The van der Waals surface area contributed by atoms with Gasteiger partial charge in [-0.2, -0.15) is 13.2 Å². The third-order valence-electron chi connectivity index (χ3n) is 5.15. The topological polar surface area (TPSA) is 63.0 Å². The number of ether oxygens (including phenoxy) is 1. The van der Waals surface area contributed by atoms with Gasteiger partial charge in [-0.15, -0.1) is 0 Å². The Labute approximate surface area is 179 Å². The summed E-state index contributed by atoms with van der Waals surface area (Å²) in [5.74, 6) is 0.587. The van der Waals surface area contributed by atoms with Crippen molar-refractivity contribution in [1.82, 2.24) is 14.5 Å². The number of anilines is 1. The quantitative estimate of drug-likeness (QED) is 0.683. The van der Waals surface area contributed by atoms with E-state index < -0.39 is 17.3 Å². The summed E-state index contributed by atoms with van der Waals surface area (Å²) in [6.45, 7) is 9.02. The number of halogens is 3. The Morgan fingerprint density at radius 3 is 2.26 bits per heavy atom. The molecule has 0 radical (unpaired) electrons. The molecule has 1 fully saturated rings. The Kier molecular flexibility index (Phi) is 5.94. The molecule has 0 N–H and O–H groups in total. The van der Waals surface area contributed by atoms with Crippen molar-refractivity contribution in [3.05, 3.63) is 28.7 Å². The van der Waals surface area contributed by atoms with Gasteiger partial charge in [0, 0.05) is 40.3 Å².